The smallest absolute Gasteiger partial charge is 0.314 e. The molecule has 1 heterocycles. The topological polar surface area (TPSA) is 72.0 Å². The van der Waals surface area contributed by atoms with Crippen molar-refractivity contribution in [3.8, 4) is 17.1 Å². The Hall–Kier alpha value is -2.95. The molecule has 0 spiro atoms. The van der Waals surface area contributed by atoms with Gasteiger partial charge in [-0.1, -0.05) is 43.5 Å². The lowest BCUT2D eigenvalue weighted by Crippen LogP contribution is -2.22. The van der Waals surface area contributed by atoms with Crippen molar-refractivity contribution in [1.29, 1.82) is 0 Å². The second-order valence-corrected chi connectivity index (χ2v) is 6.72. The highest BCUT2D eigenvalue weighted by atomic mass is 16.5. The average molecular weight is 348 g/mol. The number of hydrogen-bond acceptors (Lipinski definition) is 4. The van der Waals surface area contributed by atoms with Crippen LogP contribution in [0.25, 0.3) is 22.3 Å². The number of para-hydroxylation sites is 1. The number of carbonyl (C=O) groups excluding carboxylic acids is 1. The minimum atomic E-state index is -0.185. The second kappa shape index (κ2) is 7.12. The third kappa shape index (κ3) is 3.38. The van der Waals surface area contributed by atoms with Crippen LogP contribution in [0.3, 0.4) is 0 Å². The first kappa shape index (κ1) is 16.5. The summed E-state index contributed by atoms with van der Waals surface area (Å²) in [6.45, 7) is 0. The molecule has 0 radical (unpaired) electrons. The zero-order valence-electron chi connectivity index (χ0n) is 14.4. The van der Waals surface area contributed by atoms with Crippen LogP contribution in [-0.2, 0) is 4.79 Å². The number of aromatic amines is 1. The van der Waals surface area contributed by atoms with E-state index in [-0.39, 0.29) is 17.4 Å². The second-order valence-electron chi connectivity index (χ2n) is 6.72. The Morgan fingerprint density at radius 3 is 2.69 bits per heavy atom. The molecular formula is C21H20N2O3. The number of nitrogens with zero attached hydrogens (tertiary/aromatic N) is 1. The average Bonchev–Trinajstić information content (AvgIpc) is 2.69. The number of esters is 1. The summed E-state index contributed by atoms with van der Waals surface area (Å²) < 4.78 is 5.58. The van der Waals surface area contributed by atoms with Gasteiger partial charge in [0.2, 0.25) is 0 Å². The van der Waals surface area contributed by atoms with Crippen LogP contribution in [0.1, 0.15) is 32.1 Å². The summed E-state index contributed by atoms with van der Waals surface area (Å²) >= 11 is 0. The van der Waals surface area contributed by atoms with E-state index in [1.165, 1.54) is 6.42 Å². The van der Waals surface area contributed by atoms with E-state index in [4.69, 9.17) is 4.74 Å². The lowest BCUT2D eigenvalue weighted by molar-refractivity contribution is -0.139. The highest BCUT2D eigenvalue weighted by Gasteiger charge is 2.23. The van der Waals surface area contributed by atoms with E-state index in [0.29, 0.717) is 28.0 Å². The first-order valence-electron chi connectivity index (χ1n) is 9.02. The molecule has 0 bridgehead atoms. The molecule has 132 valence electrons. The van der Waals surface area contributed by atoms with Gasteiger partial charge in [-0.2, -0.15) is 0 Å². The van der Waals surface area contributed by atoms with Crippen molar-refractivity contribution in [2.45, 2.75) is 32.1 Å². The molecule has 0 unspecified atom stereocenters. The van der Waals surface area contributed by atoms with Gasteiger partial charge in [-0.25, -0.2) is 4.98 Å². The van der Waals surface area contributed by atoms with Crippen molar-refractivity contribution in [2.75, 3.05) is 0 Å². The fraction of sp³-hybridized carbons (Fsp3) is 0.286. The number of hydrogen-bond donors (Lipinski definition) is 1. The molecule has 0 saturated heterocycles. The lowest BCUT2D eigenvalue weighted by atomic mass is 9.89. The maximum atomic E-state index is 12.3. The van der Waals surface area contributed by atoms with E-state index in [1.807, 2.05) is 18.2 Å². The molecule has 5 nitrogen and oxygen atoms in total. The molecule has 2 aromatic carbocycles. The molecule has 26 heavy (non-hydrogen) atoms. The van der Waals surface area contributed by atoms with E-state index in [0.717, 1.165) is 25.7 Å². The number of carbonyl (C=O) groups is 1. The maximum Gasteiger partial charge on any atom is 0.314 e. The first-order valence-corrected chi connectivity index (χ1v) is 9.02. The summed E-state index contributed by atoms with van der Waals surface area (Å²) in [5, 5.41) is 0.552. The summed E-state index contributed by atoms with van der Waals surface area (Å²) in [7, 11) is 0. The van der Waals surface area contributed by atoms with Crippen molar-refractivity contribution in [1.82, 2.24) is 9.97 Å². The molecule has 5 heteroatoms. The van der Waals surface area contributed by atoms with Crippen molar-refractivity contribution < 1.29 is 9.53 Å². The third-order valence-corrected chi connectivity index (χ3v) is 4.88. The molecule has 4 rings (SSSR count). The van der Waals surface area contributed by atoms with Gasteiger partial charge in [-0.15, -0.1) is 0 Å². The van der Waals surface area contributed by atoms with Gasteiger partial charge in [0.05, 0.1) is 16.8 Å². The first-order chi connectivity index (χ1) is 12.7. The summed E-state index contributed by atoms with van der Waals surface area (Å²) in [5.41, 5.74) is 1.16. The van der Waals surface area contributed by atoms with Gasteiger partial charge in [0.1, 0.15) is 11.6 Å². The highest BCUT2D eigenvalue weighted by Crippen LogP contribution is 2.27. The molecule has 1 saturated carbocycles. The van der Waals surface area contributed by atoms with Crippen LogP contribution in [0.5, 0.6) is 5.75 Å². The van der Waals surface area contributed by atoms with Gasteiger partial charge in [0, 0.05) is 5.56 Å². The minimum absolute atomic E-state index is 0.00833. The lowest BCUT2D eigenvalue weighted by Gasteiger charge is -2.19. The van der Waals surface area contributed by atoms with Crippen molar-refractivity contribution in [2.24, 2.45) is 5.92 Å². The molecule has 0 aliphatic heterocycles. The van der Waals surface area contributed by atoms with Crippen LogP contribution in [-0.4, -0.2) is 15.9 Å². The van der Waals surface area contributed by atoms with Crippen LogP contribution in [0.2, 0.25) is 0 Å². The number of benzene rings is 2. The Labute approximate surface area is 151 Å². The Morgan fingerprint density at radius 2 is 1.85 bits per heavy atom. The fourth-order valence-electron chi connectivity index (χ4n) is 3.47. The normalized spacial score (nSPS) is 15.1. The molecular weight excluding hydrogens is 328 g/mol. The van der Waals surface area contributed by atoms with Crippen molar-refractivity contribution >= 4 is 16.9 Å². The van der Waals surface area contributed by atoms with Crippen LogP contribution >= 0.6 is 0 Å². The van der Waals surface area contributed by atoms with Crippen LogP contribution in [0, 0.1) is 5.92 Å². The van der Waals surface area contributed by atoms with E-state index >= 15 is 0 Å². The Morgan fingerprint density at radius 1 is 1.04 bits per heavy atom. The number of nitrogens with one attached hydrogen (secondary N) is 1. The number of rotatable bonds is 3. The standard InChI is InChI=1S/C21H20N2O3/c24-20-17-11-4-5-12-18(17)22-19(23-20)15-9-6-10-16(13-15)26-21(25)14-7-2-1-3-8-14/h4-6,9-14H,1-3,7-8H2,(H,22,23,24). The molecule has 1 aromatic heterocycles. The molecule has 3 aromatic rings. The van der Waals surface area contributed by atoms with E-state index in [9.17, 15) is 9.59 Å². The molecule has 1 aliphatic rings. The number of fused-ring (bicyclic) bond motifs is 1. The Kier molecular flexibility index (Phi) is 4.52. The maximum absolute atomic E-state index is 12.3. The fourth-order valence-corrected chi connectivity index (χ4v) is 3.47. The number of H-pyrrole nitrogens is 1. The molecule has 0 atom stereocenters. The summed E-state index contributed by atoms with van der Waals surface area (Å²) in [6, 6.07) is 14.3. The highest BCUT2D eigenvalue weighted by molar-refractivity contribution is 5.79. The van der Waals surface area contributed by atoms with Gasteiger partial charge < -0.3 is 9.72 Å². The molecule has 0 amide bonds. The Balaban J connectivity index is 1.61. The van der Waals surface area contributed by atoms with Crippen molar-refractivity contribution in [3.63, 3.8) is 0 Å². The van der Waals surface area contributed by atoms with Crippen LogP contribution in [0.15, 0.2) is 53.3 Å². The summed E-state index contributed by atoms with van der Waals surface area (Å²) in [6.07, 6.45) is 5.17. The van der Waals surface area contributed by atoms with Gasteiger partial charge in [-0.05, 0) is 37.1 Å². The van der Waals surface area contributed by atoms with Crippen molar-refractivity contribution in [3.05, 3.63) is 58.9 Å². The van der Waals surface area contributed by atoms with Crippen LogP contribution < -0.4 is 10.3 Å². The Bertz CT molecular complexity index is 1000. The predicted octanol–water partition coefficient (Wildman–Crippen LogP) is 4.08. The molecule has 1 fully saturated rings. The van der Waals surface area contributed by atoms with E-state index in [1.54, 1.807) is 30.3 Å². The third-order valence-electron chi connectivity index (χ3n) is 4.88. The van der Waals surface area contributed by atoms with Gasteiger partial charge in [0.25, 0.3) is 5.56 Å². The molecule has 1 N–H and O–H groups in total. The number of ether oxygens (including phenoxy) is 1. The largest absolute Gasteiger partial charge is 0.426 e. The van der Waals surface area contributed by atoms with E-state index < -0.39 is 0 Å². The summed E-state index contributed by atoms with van der Waals surface area (Å²) in [4.78, 5) is 31.9. The van der Waals surface area contributed by atoms with Gasteiger partial charge in [-0.3, -0.25) is 9.59 Å². The van der Waals surface area contributed by atoms with Gasteiger partial charge >= 0.3 is 5.97 Å². The minimum Gasteiger partial charge on any atom is -0.426 e. The quantitative estimate of drug-likeness (QED) is 0.572. The van der Waals surface area contributed by atoms with E-state index in [2.05, 4.69) is 9.97 Å². The zero-order chi connectivity index (χ0) is 17.9. The predicted molar refractivity (Wildman–Crippen MR) is 100 cm³/mol. The summed E-state index contributed by atoms with van der Waals surface area (Å²) in [5.74, 6) is 0.769. The van der Waals surface area contributed by atoms with Crippen LogP contribution in [0.4, 0.5) is 0 Å². The van der Waals surface area contributed by atoms with Gasteiger partial charge in [0.15, 0.2) is 0 Å². The number of aromatic nitrogens is 2. The molecule has 1 aliphatic carbocycles. The SMILES string of the molecule is O=C(Oc1cccc(-c2nc3ccccc3c(=O)[nH]2)c1)C1CCCCC1. The monoisotopic (exact) mass is 348 g/mol. The zero-order valence-corrected chi connectivity index (χ0v) is 14.4.